The van der Waals surface area contributed by atoms with Crippen molar-refractivity contribution in [2.45, 2.75) is 53.2 Å². The van der Waals surface area contributed by atoms with E-state index < -0.39 is 0 Å². The van der Waals surface area contributed by atoms with Crippen LogP contribution in [0.25, 0.3) is 11.4 Å². The van der Waals surface area contributed by atoms with Crippen LogP contribution in [0.3, 0.4) is 0 Å². The number of hydrogen-bond donors (Lipinski definition) is 1. The van der Waals surface area contributed by atoms with Crippen molar-refractivity contribution in [3.8, 4) is 11.4 Å². The number of aryl methyl sites for hydroxylation is 1. The highest BCUT2D eigenvalue weighted by Gasteiger charge is 2.22. The van der Waals surface area contributed by atoms with Gasteiger partial charge in [-0.1, -0.05) is 13.8 Å². The smallest absolute Gasteiger partial charge is 0.253 e. The highest BCUT2D eigenvalue weighted by Crippen LogP contribution is 2.28. The summed E-state index contributed by atoms with van der Waals surface area (Å²) in [4.78, 5) is 17.3. The lowest BCUT2D eigenvalue weighted by molar-refractivity contribution is 0.0857. The van der Waals surface area contributed by atoms with Gasteiger partial charge in [0.25, 0.3) is 5.91 Å². The average Bonchev–Trinajstić information content (AvgIpc) is 3.27. The van der Waals surface area contributed by atoms with Gasteiger partial charge in [0.05, 0.1) is 28.1 Å². The molecule has 1 fully saturated rings. The molecule has 0 aromatic carbocycles. The summed E-state index contributed by atoms with van der Waals surface area (Å²) in [7, 11) is 0. The minimum Gasteiger partial charge on any atom is -0.376 e. The average molecular weight is 362 g/mol. The van der Waals surface area contributed by atoms with Crippen LogP contribution < -0.4 is 5.32 Å². The number of nitrogens with one attached hydrogen (secondary N) is 1. The van der Waals surface area contributed by atoms with Crippen molar-refractivity contribution in [1.29, 1.82) is 0 Å². The number of thiazole rings is 1. The van der Waals surface area contributed by atoms with Crippen molar-refractivity contribution in [3.63, 3.8) is 0 Å². The van der Waals surface area contributed by atoms with Crippen LogP contribution in [-0.2, 0) is 11.3 Å². The van der Waals surface area contributed by atoms with Crippen LogP contribution in [0.2, 0.25) is 0 Å². The fourth-order valence-electron chi connectivity index (χ4n) is 3.28. The predicted octanol–water partition coefficient (Wildman–Crippen LogP) is 3.79. The minimum absolute atomic E-state index is 0.0243. The first-order chi connectivity index (χ1) is 12.0. The summed E-state index contributed by atoms with van der Waals surface area (Å²) in [5.41, 5.74) is 3.71. The van der Waals surface area contributed by atoms with Gasteiger partial charge in [-0.3, -0.25) is 4.79 Å². The Bertz CT molecular complexity index is 742. The molecule has 2 aromatic rings. The third kappa shape index (κ3) is 4.12. The Balaban J connectivity index is 1.85. The van der Waals surface area contributed by atoms with E-state index in [-0.39, 0.29) is 12.0 Å². The van der Waals surface area contributed by atoms with Crippen molar-refractivity contribution >= 4 is 17.2 Å². The van der Waals surface area contributed by atoms with Crippen LogP contribution >= 0.6 is 11.3 Å². The number of amides is 1. The van der Waals surface area contributed by atoms with Gasteiger partial charge < -0.3 is 14.6 Å². The zero-order chi connectivity index (χ0) is 18.0. The number of carbonyl (C=O) groups is 1. The van der Waals surface area contributed by atoms with Crippen LogP contribution in [0.4, 0.5) is 0 Å². The van der Waals surface area contributed by atoms with Crippen LogP contribution in [0.15, 0.2) is 11.4 Å². The first-order valence-corrected chi connectivity index (χ1v) is 9.86. The van der Waals surface area contributed by atoms with E-state index >= 15 is 0 Å². The SMILES string of the molecule is Cc1nc(-c2cc(C(=O)NCC3CCCO3)c(C)n2CC(C)C)cs1. The summed E-state index contributed by atoms with van der Waals surface area (Å²) >= 11 is 1.64. The standard InChI is InChI=1S/C19H27N3O2S/c1-12(2)10-22-13(3)16(8-18(22)17-11-25-14(4)21-17)19(23)20-9-15-6-5-7-24-15/h8,11-12,15H,5-7,9-10H2,1-4H3,(H,20,23). The molecule has 1 amide bonds. The Kier molecular flexibility index (Phi) is 5.59. The highest BCUT2D eigenvalue weighted by atomic mass is 32.1. The molecule has 1 aliphatic heterocycles. The second-order valence-corrected chi connectivity index (χ2v) is 8.19. The quantitative estimate of drug-likeness (QED) is 0.851. The molecular weight excluding hydrogens is 334 g/mol. The van der Waals surface area contributed by atoms with Gasteiger partial charge in [-0.15, -0.1) is 11.3 Å². The molecule has 1 atom stereocenters. The fraction of sp³-hybridized carbons (Fsp3) is 0.579. The molecule has 136 valence electrons. The Morgan fingerprint density at radius 1 is 1.48 bits per heavy atom. The molecule has 25 heavy (non-hydrogen) atoms. The second-order valence-electron chi connectivity index (χ2n) is 7.13. The molecule has 0 saturated carbocycles. The largest absolute Gasteiger partial charge is 0.376 e. The van der Waals surface area contributed by atoms with E-state index in [1.54, 1.807) is 11.3 Å². The zero-order valence-corrected chi connectivity index (χ0v) is 16.3. The van der Waals surface area contributed by atoms with Gasteiger partial charge in [-0.05, 0) is 38.7 Å². The third-order valence-corrected chi connectivity index (χ3v) is 5.33. The molecule has 1 unspecified atom stereocenters. The fourth-order valence-corrected chi connectivity index (χ4v) is 3.88. The molecule has 6 heteroatoms. The van der Waals surface area contributed by atoms with Crippen molar-refractivity contribution in [1.82, 2.24) is 14.9 Å². The van der Waals surface area contributed by atoms with E-state index in [0.29, 0.717) is 12.5 Å². The van der Waals surface area contributed by atoms with Gasteiger partial charge >= 0.3 is 0 Å². The van der Waals surface area contributed by atoms with E-state index in [1.807, 2.05) is 19.9 Å². The van der Waals surface area contributed by atoms with Crippen LogP contribution in [0.1, 0.15) is 47.7 Å². The van der Waals surface area contributed by atoms with Crippen LogP contribution in [0, 0.1) is 19.8 Å². The summed E-state index contributed by atoms with van der Waals surface area (Å²) in [6, 6.07) is 1.98. The van der Waals surface area contributed by atoms with E-state index in [2.05, 4.69) is 34.1 Å². The first kappa shape index (κ1) is 18.1. The summed E-state index contributed by atoms with van der Waals surface area (Å²) in [6.45, 7) is 10.7. The number of carbonyl (C=O) groups excluding carboxylic acids is 1. The van der Waals surface area contributed by atoms with E-state index in [9.17, 15) is 4.79 Å². The van der Waals surface area contributed by atoms with Crippen molar-refractivity contribution in [2.24, 2.45) is 5.92 Å². The highest BCUT2D eigenvalue weighted by molar-refractivity contribution is 7.09. The number of hydrogen-bond acceptors (Lipinski definition) is 4. The monoisotopic (exact) mass is 361 g/mol. The number of rotatable bonds is 6. The van der Waals surface area contributed by atoms with Gasteiger partial charge in [-0.25, -0.2) is 4.98 Å². The van der Waals surface area contributed by atoms with E-state index in [1.165, 1.54) is 0 Å². The Morgan fingerprint density at radius 3 is 2.88 bits per heavy atom. The van der Waals surface area contributed by atoms with Crippen molar-refractivity contribution < 1.29 is 9.53 Å². The third-order valence-electron chi connectivity index (χ3n) is 4.55. The molecule has 2 aromatic heterocycles. The molecule has 1 saturated heterocycles. The topological polar surface area (TPSA) is 56.1 Å². The first-order valence-electron chi connectivity index (χ1n) is 8.98. The minimum atomic E-state index is -0.0243. The Hall–Kier alpha value is -1.66. The van der Waals surface area contributed by atoms with Crippen molar-refractivity contribution in [2.75, 3.05) is 13.2 Å². The second kappa shape index (κ2) is 7.70. The van der Waals surface area contributed by atoms with Gasteiger partial charge in [0.15, 0.2) is 0 Å². The molecule has 0 bridgehead atoms. The lowest BCUT2D eigenvalue weighted by Gasteiger charge is -2.14. The zero-order valence-electron chi connectivity index (χ0n) is 15.5. The molecule has 0 radical (unpaired) electrons. The summed E-state index contributed by atoms with van der Waals surface area (Å²) < 4.78 is 7.82. The summed E-state index contributed by atoms with van der Waals surface area (Å²) in [5, 5.41) is 6.14. The van der Waals surface area contributed by atoms with Gasteiger partial charge in [-0.2, -0.15) is 0 Å². The Labute approximate surface area is 153 Å². The van der Waals surface area contributed by atoms with Gasteiger partial charge in [0, 0.05) is 30.8 Å². The normalized spacial score (nSPS) is 17.4. The molecule has 3 heterocycles. The number of ether oxygens (including phenoxy) is 1. The molecule has 0 aliphatic carbocycles. The lowest BCUT2D eigenvalue weighted by Crippen LogP contribution is -2.32. The molecule has 5 nitrogen and oxygen atoms in total. The molecule has 1 aliphatic rings. The molecule has 1 N–H and O–H groups in total. The van der Waals surface area contributed by atoms with Crippen molar-refractivity contribution in [3.05, 3.63) is 27.7 Å². The maximum absolute atomic E-state index is 12.7. The van der Waals surface area contributed by atoms with Gasteiger partial charge in [0.2, 0.25) is 0 Å². The maximum Gasteiger partial charge on any atom is 0.253 e. The van der Waals surface area contributed by atoms with E-state index in [4.69, 9.17) is 4.74 Å². The predicted molar refractivity (Wildman–Crippen MR) is 101 cm³/mol. The lowest BCUT2D eigenvalue weighted by atomic mass is 10.2. The maximum atomic E-state index is 12.7. The van der Waals surface area contributed by atoms with Crippen LogP contribution in [-0.4, -0.2) is 34.7 Å². The molecule has 3 rings (SSSR count). The number of aromatic nitrogens is 2. The summed E-state index contributed by atoms with van der Waals surface area (Å²) in [6.07, 6.45) is 2.26. The Morgan fingerprint density at radius 2 is 2.28 bits per heavy atom. The number of nitrogens with zero attached hydrogens (tertiary/aromatic N) is 2. The van der Waals surface area contributed by atoms with Gasteiger partial charge in [0.1, 0.15) is 0 Å². The van der Waals surface area contributed by atoms with E-state index in [0.717, 1.165) is 53.6 Å². The molecule has 0 spiro atoms. The van der Waals surface area contributed by atoms with Crippen LogP contribution in [0.5, 0.6) is 0 Å². The molecular formula is C19H27N3O2S. The summed E-state index contributed by atoms with van der Waals surface area (Å²) in [5.74, 6) is 0.469.